The van der Waals surface area contributed by atoms with Crippen LogP contribution in [0.5, 0.6) is 0 Å². The number of rotatable bonds is 5. The van der Waals surface area contributed by atoms with Crippen LogP contribution >= 0.6 is 0 Å². The summed E-state index contributed by atoms with van der Waals surface area (Å²) in [4.78, 5) is 4.42. The van der Waals surface area contributed by atoms with Crippen molar-refractivity contribution in [2.75, 3.05) is 11.9 Å². The minimum absolute atomic E-state index is 0.532. The third-order valence-electron chi connectivity index (χ3n) is 3.75. The van der Waals surface area contributed by atoms with Crippen molar-refractivity contribution in [3.63, 3.8) is 0 Å². The molecule has 108 valence electrons. The number of nitrogens with one attached hydrogen (secondary N) is 1. The van der Waals surface area contributed by atoms with Gasteiger partial charge in [0.25, 0.3) is 0 Å². The molecule has 0 bridgehead atoms. The molecule has 1 aromatic carbocycles. The molecular weight excluding hydrogens is 260 g/mol. The van der Waals surface area contributed by atoms with Crippen LogP contribution in [-0.2, 0) is 0 Å². The predicted octanol–water partition coefficient (Wildman–Crippen LogP) is 3.64. The average molecular weight is 280 g/mol. The van der Waals surface area contributed by atoms with Gasteiger partial charge in [-0.15, -0.1) is 0 Å². The number of nitrogens with zero attached hydrogens (tertiary/aromatic N) is 3. The molecule has 0 fully saturated rings. The van der Waals surface area contributed by atoms with E-state index < -0.39 is 0 Å². The third kappa shape index (κ3) is 3.05. The molecule has 0 aliphatic carbocycles. The van der Waals surface area contributed by atoms with Crippen LogP contribution in [0.25, 0.3) is 5.52 Å². The molecule has 3 rings (SSSR count). The second kappa shape index (κ2) is 5.95. The lowest BCUT2D eigenvalue weighted by molar-refractivity contribution is 0.705. The summed E-state index contributed by atoms with van der Waals surface area (Å²) < 4.78 is 1.87. The normalized spacial score (nSPS) is 12.5. The first-order valence-corrected chi connectivity index (χ1v) is 7.34. The van der Waals surface area contributed by atoms with E-state index in [1.54, 1.807) is 6.20 Å². The Bertz CT molecular complexity index is 718. The Hall–Kier alpha value is -2.36. The molecule has 4 nitrogen and oxygen atoms in total. The Morgan fingerprint density at radius 3 is 2.86 bits per heavy atom. The Kier molecular flexibility index (Phi) is 3.86. The molecule has 0 spiro atoms. The zero-order chi connectivity index (χ0) is 14.7. The van der Waals surface area contributed by atoms with Crippen molar-refractivity contribution in [2.45, 2.75) is 26.2 Å². The molecule has 1 N–H and O–H groups in total. The fourth-order valence-electron chi connectivity index (χ4n) is 2.54. The lowest BCUT2D eigenvalue weighted by Crippen LogP contribution is -2.08. The summed E-state index contributed by atoms with van der Waals surface area (Å²) in [6.45, 7) is 5.15. The quantitative estimate of drug-likeness (QED) is 0.775. The second-order valence-electron chi connectivity index (χ2n) is 5.42. The summed E-state index contributed by atoms with van der Waals surface area (Å²) in [6.07, 6.45) is 4.72. The molecular formula is C17H20N4. The van der Waals surface area contributed by atoms with Crippen LogP contribution in [0.2, 0.25) is 0 Å². The van der Waals surface area contributed by atoms with E-state index in [1.807, 2.05) is 17.6 Å². The van der Waals surface area contributed by atoms with Gasteiger partial charge in [0.2, 0.25) is 0 Å². The first-order valence-electron chi connectivity index (χ1n) is 7.34. The van der Waals surface area contributed by atoms with Crippen LogP contribution in [0.1, 0.15) is 30.5 Å². The smallest absolute Gasteiger partial charge is 0.152 e. The van der Waals surface area contributed by atoms with Gasteiger partial charge in [-0.05, 0) is 30.9 Å². The van der Waals surface area contributed by atoms with Gasteiger partial charge >= 0.3 is 0 Å². The lowest BCUT2D eigenvalue weighted by Gasteiger charge is -2.13. The van der Waals surface area contributed by atoms with Crippen molar-refractivity contribution >= 4 is 11.3 Å². The number of hydrogen-bond acceptors (Lipinski definition) is 3. The fourth-order valence-corrected chi connectivity index (χ4v) is 2.54. The Labute approximate surface area is 124 Å². The number of fused-ring (bicyclic) bond motifs is 1. The molecule has 2 heterocycles. The number of benzene rings is 1. The maximum Gasteiger partial charge on any atom is 0.152 e. The van der Waals surface area contributed by atoms with Crippen LogP contribution in [0, 0.1) is 6.92 Å². The SMILES string of the molecule is Cc1cc2c(NCCC(C)c3ccccc3)nccn2n1. The highest BCUT2D eigenvalue weighted by Crippen LogP contribution is 2.19. The maximum absolute atomic E-state index is 4.42. The van der Waals surface area contributed by atoms with Crippen LogP contribution in [-0.4, -0.2) is 21.1 Å². The monoisotopic (exact) mass is 280 g/mol. The Balaban J connectivity index is 1.64. The summed E-state index contributed by atoms with van der Waals surface area (Å²) in [5.41, 5.74) is 3.41. The van der Waals surface area contributed by atoms with Gasteiger partial charge in [0.1, 0.15) is 5.52 Å². The van der Waals surface area contributed by atoms with Gasteiger partial charge < -0.3 is 5.32 Å². The van der Waals surface area contributed by atoms with E-state index in [0.717, 1.165) is 30.0 Å². The van der Waals surface area contributed by atoms with E-state index in [1.165, 1.54) is 5.56 Å². The van der Waals surface area contributed by atoms with E-state index in [-0.39, 0.29) is 0 Å². The lowest BCUT2D eigenvalue weighted by atomic mass is 9.98. The van der Waals surface area contributed by atoms with Crippen LogP contribution in [0.3, 0.4) is 0 Å². The fraction of sp³-hybridized carbons (Fsp3) is 0.294. The number of aryl methyl sites for hydroxylation is 1. The predicted molar refractivity (Wildman–Crippen MR) is 85.7 cm³/mol. The van der Waals surface area contributed by atoms with Crippen molar-refractivity contribution in [3.05, 3.63) is 60.0 Å². The number of aromatic nitrogens is 3. The summed E-state index contributed by atoms with van der Waals surface area (Å²) in [5, 5.41) is 7.83. The van der Waals surface area contributed by atoms with E-state index >= 15 is 0 Å². The molecule has 2 aromatic heterocycles. The highest BCUT2D eigenvalue weighted by atomic mass is 15.2. The Morgan fingerprint density at radius 2 is 2.05 bits per heavy atom. The highest BCUT2D eigenvalue weighted by molar-refractivity contribution is 5.67. The van der Waals surface area contributed by atoms with Crippen molar-refractivity contribution in [1.82, 2.24) is 14.6 Å². The first kappa shape index (κ1) is 13.6. The zero-order valence-electron chi connectivity index (χ0n) is 12.5. The summed E-state index contributed by atoms with van der Waals surface area (Å²) >= 11 is 0. The van der Waals surface area contributed by atoms with Gasteiger partial charge in [0.05, 0.1) is 5.69 Å². The van der Waals surface area contributed by atoms with E-state index in [0.29, 0.717) is 5.92 Å². The molecule has 3 aromatic rings. The molecule has 0 aliphatic rings. The first-order chi connectivity index (χ1) is 10.2. The highest BCUT2D eigenvalue weighted by Gasteiger charge is 2.07. The molecule has 0 amide bonds. The molecule has 0 saturated carbocycles. The molecule has 0 radical (unpaired) electrons. The third-order valence-corrected chi connectivity index (χ3v) is 3.75. The van der Waals surface area contributed by atoms with E-state index in [2.05, 4.69) is 58.7 Å². The largest absolute Gasteiger partial charge is 0.368 e. The maximum atomic E-state index is 4.42. The topological polar surface area (TPSA) is 42.2 Å². The van der Waals surface area contributed by atoms with E-state index in [9.17, 15) is 0 Å². The molecule has 0 aliphatic heterocycles. The minimum Gasteiger partial charge on any atom is -0.368 e. The number of hydrogen-bond donors (Lipinski definition) is 1. The van der Waals surface area contributed by atoms with Gasteiger partial charge in [-0.1, -0.05) is 37.3 Å². The summed E-state index contributed by atoms with van der Waals surface area (Å²) in [7, 11) is 0. The summed E-state index contributed by atoms with van der Waals surface area (Å²) in [6, 6.07) is 12.7. The minimum atomic E-state index is 0.532. The van der Waals surface area contributed by atoms with Crippen molar-refractivity contribution in [3.8, 4) is 0 Å². The van der Waals surface area contributed by atoms with Crippen molar-refractivity contribution < 1.29 is 0 Å². The van der Waals surface area contributed by atoms with Gasteiger partial charge in [-0.25, -0.2) is 9.50 Å². The Morgan fingerprint density at radius 1 is 1.24 bits per heavy atom. The van der Waals surface area contributed by atoms with Gasteiger partial charge in [-0.2, -0.15) is 5.10 Å². The van der Waals surface area contributed by atoms with Gasteiger partial charge in [-0.3, -0.25) is 0 Å². The van der Waals surface area contributed by atoms with Gasteiger partial charge in [0, 0.05) is 18.9 Å². The molecule has 0 saturated heterocycles. The van der Waals surface area contributed by atoms with Crippen molar-refractivity contribution in [2.24, 2.45) is 0 Å². The molecule has 4 heteroatoms. The average Bonchev–Trinajstić information content (AvgIpc) is 2.89. The van der Waals surface area contributed by atoms with Crippen molar-refractivity contribution in [1.29, 1.82) is 0 Å². The van der Waals surface area contributed by atoms with Gasteiger partial charge in [0.15, 0.2) is 5.82 Å². The van der Waals surface area contributed by atoms with E-state index in [4.69, 9.17) is 0 Å². The standard InChI is InChI=1S/C17H20N4/c1-13(15-6-4-3-5-7-15)8-9-18-17-16-12-14(2)20-21(16)11-10-19-17/h3-7,10-13H,8-9H2,1-2H3,(H,18,19). The van der Waals surface area contributed by atoms with Crippen LogP contribution < -0.4 is 5.32 Å². The molecule has 1 atom stereocenters. The zero-order valence-corrected chi connectivity index (χ0v) is 12.5. The van der Waals surface area contributed by atoms with Crippen LogP contribution in [0.4, 0.5) is 5.82 Å². The molecule has 1 unspecified atom stereocenters. The number of anilines is 1. The summed E-state index contributed by atoms with van der Waals surface area (Å²) in [5.74, 6) is 1.43. The molecule has 21 heavy (non-hydrogen) atoms. The van der Waals surface area contributed by atoms with Crippen LogP contribution in [0.15, 0.2) is 48.8 Å². The second-order valence-corrected chi connectivity index (χ2v) is 5.42.